The molecule has 0 aromatic carbocycles. The molecular formula is C24H46N4O5S. The van der Waals surface area contributed by atoms with E-state index in [1.807, 2.05) is 0 Å². The Morgan fingerprint density at radius 3 is 2.44 bits per heavy atom. The number of thiol groups is 1. The second-order valence-corrected chi connectivity index (χ2v) is 9.30. The molecule has 6 N–H and O–H groups in total. The number of allylic oxidation sites excluding steroid dienone is 2. The molecule has 1 saturated heterocycles. The summed E-state index contributed by atoms with van der Waals surface area (Å²) in [6, 6.07) is 2.61. The van der Waals surface area contributed by atoms with Gasteiger partial charge in [-0.25, -0.2) is 0 Å². The summed E-state index contributed by atoms with van der Waals surface area (Å²) < 4.78 is 12.3. The SMILES string of the molecule is COCCCNC1CCN(S)CC1.O.O.O=C(NC1C/C=C\C/C=C\C1)c1cc(C2CC2)on1.[HH].[HH]. The van der Waals surface area contributed by atoms with Crippen molar-refractivity contribution in [3.05, 3.63) is 41.8 Å². The van der Waals surface area contributed by atoms with Crippen molar-refractivity contribution in [1.29, 1.82) is 0 Å². The first-order chi connectivity index (χ1) is 15.7. The van der Waals surface area contributed by atoms with Crippen molar-refractivity contribution in [2.45, 2.75) is 69.4 Å². The molecule has 198 valence electrons. The van der Waals surface area contributed by atoms with Gasteiger partial charge in [-0.3, -0.25) is 9.10 Å². The average molecular weight is 503 g/mol. The van der Waals surface area contributed by atoms with E-state index in [1.165, 1.54) is 12.8 Å². The molecule has 2 aliphatic carbocycles. The van der Waals surface area contributed by atoms with Gasteiger partial charge in [0.1, 0.15) is 5.76 Å². The highest BCUT2D eigenvalue weighted by Crippen LogP contribution is 2.40. The number of carbonyl (C=O) groups is 1. The highest BCUT2D eigenvalue weighted by molar-refractivity contribution is 7.77. The molecule has 34 heavy (non-hydrogen) atoms. The lowest BCUT2D eigenvalue weighted by atomic mass is 10.1. The predicted octanol–water partition coefficient (Wildman–Crippen LogP) is 2.71. The quantitative estimate of drug-likeness (QED) is 0.283. The van der Waals surface area contributed by atoms with Gasteiger partial charge in [-0.15, -0.1) is 0 Å². The van der Waals surface area contributed by atoms with Crippen molar-refractivity contribution in [2.24, 2.45) is 0 Å². The van der Waals surface area contributed by atoms with Crippen molar-refractivity contribution in [2.75, 3.05) is 33.4 Å². The Kier molecular flexibility index (Phi) is 15.0. The Bertz CT molecular complexity index is 743. The average Bonchev–Trinajstić information content (AvgIpc) is 3.51. The van der Waals surface area contributed by atoms with E-state index in [-0.39, 0.29) is 25.8 Å². The lowest BCUT2D eigenvalue weighted by molar-refractivity contribution is 0.0928. The predicted molar refractivity (Wildman–Crippen MR) is 141 cm³/mol. The van der Waals surface area contributed by atoms with Crippen LogP contribution < -0.4 is 10.6 Å². The van der Waals surface area contributed by atoms with Crippen LogP contribution in [-0.4, -0.2) is 71.8 Å². The van der Waals surface area contributed by atoms with Crippen LogP contribution in [0, 0.1) is 0 Å². The number of hydrogen-bond donors (Lipinski definition) is 3. The fourth-order valence-electron chi connectivity index (χ4n) is 3.81. The molecule has 0 spiro atoms. The van der Waals surface area contributed by atoms with Gasteiger partial charge < -0.3 is 30.8 Å². The van der Waals surface area contributed by atoms with E-state index in [0.717, 1.165) is 70.5 Å². The number of ether oxygens (including phenoxy) is 1. The molecule has 3 aliphatic rings. The van der Waals surface area contributed by atoms with Crippen LogP contribution in [-0.2, 0) is 4.74 Å². The van der Waals surface area contributed by atoms with Crippen LogP contribution in [0.3, 0.4) is 0 Å². The zero-order valence-corrected chi connectivity index (χ0v) is 21.1. The minimum atomic E-state index is -0.136. The molecule has 1 aliphatic heterocycles. The third kappa shape index (κ3) is 11.2. The van der Waals surface area contributed by atoms with Gasteiger partial charge in [-0.1, -0.05) is 42.3 Å². The van der Waals surface area contributed by atoms with E-state index in [4.69, 9.17) is 9.26 Å². The van der Waals surface area contributed by atoms with E-state index >= 15 is 0 Å². The van der Waals surface area contributed by atoms with Gasteiger partial charge in [-0.05, 0) is 57.9 Å². The number of carbonyl (C=O) groups excluding carboxylic acids is 1. The fourth-order valence-corrected chi connectivity index (χ4v) is 4.05. The number of piperidine rings is 1. The topological polar surface area (TPSA) is 143 Å². The summed E-state index contributed by atoms with van der Waals surface area (Å²) in [5.74, 6) is 1.20. The molecule has 1 aromatic rings. The van der Waals surface area contributed by atoms with Crippen LogP contribution in [0.25, 0.3) is 0 Å². The second kappa shape index (κ2) is 16.9. The second-order valence-electron chi connectivity index (χ2n) is 8.74. The summed E-state index contributed by atoms with van der Waals surface area (Å²) in [4.78, 5) is 12.1. The third-order valence-electron chi connectivity index (χ3n) is 5.95. The van der Waals surface area contributed by atoms with Crippen LogP contribution in [0.4, 0.5) is 0 Å². The monoisotopic (exact) mass is 502 g/mol. The van der Waals surface area contributed by atoms with Gasteiger partial charge in [0.2, 0.25) is 0 Å². The Hall–Kier alpha value is -1.69. The smallest absolute Gasteiger partial charge is 0.273 e. The summed E-state index contributed by atoms with van der Waals surface area (Å²) in [5.41, 5.74) is 0.400. The minimum absolute atomic E-state index is 0. The van der Waals surface area contributed by atoms with Crippen LogP contribution in [0.15, 0.2) is 34.9 Å². The molecule has 0 unspecified atom stereocenters. The summed E-state index contributed by atoms with van der Waals surface area (Å²) in [5, 5.41) is 10.4. The molecule has 4 rings (SSSR count). The summed E-state index contributed by atoms with van der Waals surface area (Å²) in [6.07, 6.45) is 17.0. The molecular weight excluding hydrogens is 456 g/mol. The van der Waals surface area contributed by atoms with Crippen LogP contribution in [0.5, 0.6) is 0 Å². The van der Waals surface area contributed by atoms with Crippen molar-refractivity contribution in [3.8, 4) is 0 Å². The third-order valence-corrected chi connectivity index (χ3v) is 6.35. The first kappa shape index (κ1) is 30.3. The Labute approximate surface area is 211 Å². The number of hydrogen-bond acceptors (Lipinski definition) is 7. The number of nitrogens with zero attached hydrogens (tertiary/aromatic N) is 2. The minimum Gasteiger partial charge on any atom is -0.412 e. The molecule has 0 atom stereocenters. The van der Waals surface area contributed by atoms with Gasteiger partial charge in [0.05, 0.1) is 0 Å². The summed E-state index contributed by atoms with van der Waals surface area (Å²) in [7, 11) is 1.75. The molecule has 0 radical (unpaired) electrons. The number of nitrogens with one attached hydrogen (secondary N) is 2. The van der Waals surface area contributed by atoms with E-state index < -0.39 is 0 Å². The van der Waals surface area contributed by atoms with Gasteiger partial charge >= 0.3 is 0 Å². The van der Waals surface area contributed by atoms with Gasteiger partial charge in [0, 0.05) is 53.7 Å². The maximum atomic E-state index is 12.1. The zero-order chi connectivity index (χ0) is 22.6. The fraction of sp³-hybridized carbons (Fsp3) is 0.667. The first-order valence-electron chi connectivity index (χ1n) is 11.9. The first-order valence-corrected chi connectivity index (χ1v) is 12.3. The Morgan fingerprint density at radius 1 is 1.15 bits per heavy atom. The molecule has 1 amide bonds. The normalized spacial score (nSPS) is 21.0. The van der Waals surface area contributed by atoms with E-state index in [1.54, 1.807) is 13.2 Å². The number of methoxy groups -OCH3 is 1. The van der Waals surface area contributed by atoms with E-state index in [0.29, 0.717) is 17.7 Å². The lowest BCUT2D eigenvalue weighted by Gasteiger charge is -2.28. The number of rotatable bonds is 8. The van der Waals surface area contributed by atoms with Crippen molar-refractivity contribution in [3.63, 3.8) is 0 Å². The van der Waals surface area contributed by atoms with Gasteiger partial charge in [-0.2, -0.15) is 0 Å². The maximum Gasteiger partial charge on any atom is 0.273 e. The van der Waals surface area contributed by atoms with Crippen molar-refractivity contribution in [1.82, 2.24) is 20.1 Å². The van der Waals surface area contributed by atoms with Crippen molar-refractivity contribution < 1.29 is 27.9 Å². The number of amides is 1. The molecule has 10 heteroatoms. The molecule has 9 nitrogen and oxygen atoms in total. The Morgan fingerprint density at radius 2 is 1.82 bits per heavy atom. The maximum absolute atomic E-state index is 12.1. The molecule has 0 bridgehead atoms. The van der Waals surface area contributed by atoms with Gasteiger partial charge in [0.25, 0.3) is 5.91 Å². The van der Waals surface area contributed by atoms with E-state index in [9.17, 15) is 4.79 Å². The highest BCUT2D eigenvalue weighted by atomic mass is 32.1. The van der Waals surface area contributed by atoms with Crippen LogP contribution >= 0.6 is 12.8 Å². The molecule has 2 heterocycles. The standard InChI is InChI=1S/C15H18N2O2.C9H20N2OS.2H2O.2H2/c18-15(13-10-14(19-17-13)11-8-9-11)16-12-6-4-2-1-3-5-7-12;1-12-8-2-5-10-9-3-6-11(13)7-4-9;;;;/h2-5,10-12H,1,6-9H2,(H,16,18);9-10,13H,2-8H2,1H3;2*1H2;2*1H/b4-2-,5-3-;;;;;. The van der Waals surface area contributed by atoms with Crippen LogP contribution in [0.2, 0.25) is 0 Å². The lowest BCUT2D eigenvalue weighted by Crippen LogP contribution is -2.39. The highest BCUT2D eigenvalue weighted by Gasteiger charge is 2.29. The molecule has 1 saturated carbocycles. The number of aromatic nitrogens is 1. The van der Waals surface area contributed by atoms with Crippen molar-refractivity contribution >= 4 is 18.7 Å². The zero-order valence-electron chi connectivity index (χ0n) is 20.2. The molecule has 1 aromatic heterocycles. The van der Waals surface area contributed by atoms with Gasteiger partial charge in [0.15, 0.2) is 5.69 Å². The Balaban J connectivity index is 0. The van der Waals surface area contributed by atoms with Crippen LogP contribution in [0.1, 0.15) is 76.4 Å². The van der Waals surface area contributed by atoms with E-state index in [2.05, 4.69) is 57.2 Å². The molecule has 2 fully saturated rings. The summed E-state index contributed by atoms with van der Waals surface area (Å²) >= 11 is 4.31. The largest absolute Gasteiger partial charge is 0.412 e. The summed E-state index contributed by atoms with van der Waals surface area (Å²) in [6.45, 7) is 4.14.